The second-order valence-electron chi connectivity index (χ2n) is 4.39. The zero-order chi connectivity index (χ0) is 14.4. The van der Waals surface area contributed by atoms with Crippen molar-refractivity contribution in [3.8, 4) is 0 Å². The van der Waals surface area contributed by atoms with Gasteiger partial charge >= 0.3 is 5.97 Å². The molecular formula is C13H17NO4S. The molecule has 1 rings (SSSR count). The maximum absolute atomic E-state index is 11.9. The van der Waals surface area contributed by atoms with Gasteiger partial charge in [-0.25, -0.2) is 0 Å². The third-order valence-electron chi connectivity index (χ3n) is 2.42. The van der Waals surface area contributed by atoms with E-state index in [1.165, 1.54) is 0 Å². The number of nitrogens with one attached hydrogen (secondary N) is 1. The van der Waals surface area contributed by atoms with Crippen molar-refractivity contribution in [2.75, 3.05) is 6.26 Å². The van der Waals surface area contributed by atoms with E-state index in [9.17, 15) is 13.8 Å². The summed E-state index contributed by atoms with van der Waals surface area (Å²) >= 11 is 0. The van der Waals surface area contributed by atoms with Crippen LogP contribution in [0.3, 0.4) is 0 Å². The molecule has 5 nitrogen and oxygen atoms in total. The number of carbonyl (C=O) groups excluding carboxylic acids is 1. The number of carboxylic acid groups (broad SMARTS) is 1. The van der Waals surface area contributed by atoms with Crippen LogP contribution < -0.4 is 5.32 Å². The van der Waals surface area contributed by atoms with Crippen LogP contribution in [0, 0.1) is 0 Å². The van der Waals surface area contributed by atoms with Crippen molar-refractivity contribution in [3.63, 3.8) is 0 Å². The maximum Gasteiger partial charge on any atom is 0.305 e. The van der Waals surface area contributed by atoms with E-state index < -0.39 is 22.8 Å². The van der Waals surface area contributed by atoms with Gasteiger partial charge in [0.05, 0.1) is 6.42 Å². The van der Waals surface area contributed by atoms with Gasteiger partial charge in [0.15, 0.2) is 0 Å². The van der Waals surface area contributed by atoms with Crippen LogP contribution in [-0.4, -0.2) is 33.5 Å². The van der Waals surface area contributed by atoms with Crippen molar-refractivity contribution in [1.29, 1.82) is 0 Å². The monoisotopic (exact) mass is 283 g/mol. The minimum Gasteiger partial charge on any atom is -0.481 e. The highest BCUT2D eigenvalue weighted by molar-refractivity contribution is 7.83. The highest BCUT2D eigenvalue weighted by Gasteiger charge is 2.12. The smallest absolute Gasteiger partial charge is 0.305 e. The van der Waals surface area contributed by atoms with Crippen LogP contribution in [0.2, 0.25) is 0 Å². The number of carbonyl (C=O) groups is 2. The van der Waals surface area contributed by atoms with Crippen LogP contribution in [-0.2, 0) is 21.3 Å². The lowest BCUT2D eigenvalue weighted by Gasteiger charge is -2.12. The summed E-state index contributed by atoms with van der Waals surface area (Å²) in [6, 6.07) is 6.40. The standard InChI is InChI=1S/C13H17NO4S/c1-9(6-12(15)16)14-13(17)11-5-3-4-10(7-11)8-19(2)18/h3-5,7,9H,6,8H2,1-2H3,(H,14,17)(H,15,16). The van der Waals surface area contributed by atoms with E-state index in [1.807, 2.05) is 0 Å². The molecule has 0 aromatic heterocycles. The van der Waals surface area contributed by atoms with Crippen LogP contribution in [0.25, 0.3) is 0 Å². The number of benzene rings is 1. The summed E-state index contributed by atoms with van der Waals surface area (Å²) in [4.78, 5) is 22.4. The molecule has 0 aliphatic rings. The van der Waals surface area contributed by atoms with Gasteiger partial charge in [-0.3, -0.25) is 13.8 Å². The van der Waals surface area contributed by atoms with Gasteiger partial charge in [-0.2, -0.15) is 0 Å². The first-order chi connectivity index (χ1) is 8.88. The lowest BCUT2D eigenvalue weighted by Crippen LogP contribution is -2.34. The molecule has 2 N–H and O–H groups in total. The molecule has 0 saturated heterocycles. The summed E-state index contributed by atoms with van der Waals surface area (Å²) in [5.74, 6) is -0.883. The van der Waals surface area contributed by atoms with Gasteiger partial charge in [-0.05, 0) is 24.6 Å². The predicted octanol–water partition coefficient (Wildman–Crippen LogP) is 1.16. The molecule has 19 heavy (non-hydrogen) atoms. The molecule has 0 aliphatic heterocycles. The number of hydrogen-bond acceptors (Lipinski definition) is 3. The summed E-state index contributed by atoms with van der Waals surface area (Å²) in [6.07, 6.45) is 1.48. The summed E-state index contributed by atoms with van der Waals surface area (Å²) in [7, 11) is -0.966. The second-order valence-corrected chi connectivity index (χ2v) is 5.83. The quantitative estimate of drug-likeness (QED) is 0.820. The maximum atomic E-state index is 11.9. The third-order valence-corrected chi connectivity index (χ3v) is 3.16. The second kappa shape index (κ2) is 7.04. The van der Waals surface area contributed by atoms with Gasteiger partial charge in [0, 0.05) is 34.4 Å². The van der Waals surface area contributed by atoms with Crippen molar-refractivity contribution < 1.29 is 18.9 Å². The molecule has 0 aliphatic carbocycles. The molecule has 0 spiro atoms. The molecule has 2 atom stereocenters. The highest BCUT2D eigenvalue weighted by atomic mass is 32.2. The SMILES string of the molecule is CC(CC(=O)O)NC(=O)c1cccc(CS(C)=O)c1. The van der Waals surface area contributed by atoms with Gasteiger partial charge in [0.1, 0.15) is 0 Å². The Morgan fingerprint density at radius 1 is 1.42 bits per heavy atom. The number of carboxylic acids is 1. The number of rotatable bonds is 6. The van der Waals surface area contributed by atoms with Gasteiger partial charge in [0.25, 0.3) is 5.91 Å². The van der Waals surface area contributed by atoms with Gasteiger partial charge in [-0.15, -0.1) is 0 Å². The van der Waals surface area contributed by atoms with E-state index in [1.54, 1.807) is 37.4 Å². The molecule has 1 aromatic carbocycles. The Labute approximate surface area is 114 Å². The fourth-order valence-corrected chi connectivity index (χ4v) is 2.31. The fraction of sp³-hybridized carbons (Fsp3) is 0.385. The Kier molecular flexibility index (Phi) is 5.69. The first-order valence-electron chi connectivity index (χ1n) is 5.80. The van der Waals surface area contributed by atoms with E-state index in [0.29, 0.717) is 11.3 Å². The summed E-state index contributed by atoms with van der Waals surface area (Å²) in [5, 5.41) is 11.2. The third kappa shape index (κ3) is 5.65. The van der Waals surface area contributed by atoms with Crippen molar-refractivity contribution in [1.82, 2.24) is 5.32 Å². The molecule has 0 fully saturated rings. The van der Waals surface area contributed by atoms with Crippen LogP contribution in [0.1, 0.15) is 29.3 Å². The predicted molar refractivity (Wildman–Crippen MR) is 73.4 cm³/mol. The first-order valence-corrected chi connectivity index (χ1v) is 7.53. The number of hydrogen-bond donors (Lipinski definition) is 2. The molecule has 104 valence electrons. The molecule has 0 heterocycles. The van der Waals surface area contributed by atoms with Gasteiger partial charge in [0.2, 0.25) is 0 Å². The lowest BCUT2D eigenvalue weighted by molar-refractivity contribution is -0.137. The van der Waals surface area contributed by atoms with Gasteiger partial charge in [-0.1, -0.05) is 12.1 Å². The van der Waals surface area contributed by atoms with Crippen molar-refractivity contribution in [2.45, 2.75) is 25.1 Å². The Morgan fingerprint density at radius 3 is 2.68 bits per heavy atom. The Morgan fingerprint density at radius 2 is 2.11 bits per heavy atom. The summed E-state index contributed by atoms with van der Waals surface area (Å²) in [5.41, 5.74) is 1.26. The van der Waals surface area contributed by atoms with E-state index in [4.69, 9.17) is 5.11 Å². The summed E-state index contributed by atoms with van der Waals surface area (Å²) < 4.78 is 11.1. The zero-order valence-electron chi connectivity index (χ0n) is 10.9. The Bertz CT molecular complexity index is 501. The Balaban J connectivity index is 2.71. The van der Waals surface area contributed by atoms with E-state index in [0.717, 1.165) is 5.56 Å². The average molecular weight is 283 g/mol. The largest absolute Gasteiger partial charge is 0.481 e. The highest BCUT2D eigenvalue weighted by Crippen LogP contribution is 2.08. The molecule has 1 amide bonds. The van der Waals surface area contributed by atoms with E-state index in [-0.39, 0.29) is 12.3 Å². The minimum absolute atomic E-state index is 0.121. The molecule has 6 heteroatoms. The van der Waals surface area contributed by atoms with E-state index in [2.05, 4.69) is 5.32 Å². The normalized spacial score (nSPS) is 13.6. The molecule has 2 unspecified atom stereocenters. The van der Waals surface area contributed by atoms with Crippen LogP contribution in [0.4, 0.5) is 0 Å². The molecular weight excluding hydrogens is 266 g/mol. The van der Waals surface area contributed by atoms with Crippen LogP contribution >= 0.6 is 0 Å². The molecule has 0 bridgehead atoms. The van der Waals surface area contributed by atoms with Crippen LogP contribution in [0.5, 0.6) is 0 Å². The van der Waals surface area contributed by atoms with E-state index >= 15 is 0 Å². The minimum atomic E-state index is -0.966. The molecule has 0 radical (unpaired) electrons. The molecule has 1 aromatic rings. The zero-order valence-corrected chi connectivity index (χ0v) is 11.7. The lowest BCUT2D eigenvalue weighted by atomic mass is 10.1. The fourth-order valence-electron chi connectivity index (χ4n) is 1.66. The average Bonchev–Trinajstić information content (AvgIpc) is 2.27. The van der Waals surface area contributed by atoms with Crippen LogP contribution in [0.15, 0.2) is 24.3 Å². The van der Waals surface area contributed by atoms with Gasteiger partial charge < -0.3 is 10.4 Å². The Hall–Kier alpha value is -1.69. The molecule has 0 saturated carbocycles. The number of amides is 1. The van der Waals surface area contributed by atoms with Crippen molar-refractivity contribution in [2.24, 2.45) is 0 Å². The van der Waals surface area contributed by atoms with Crippen molar-refractivity contribution in [3.05, 3.63) is 35.4 Å². The first kappa shape index (κ1) is 15.4. The summed E-state index contributed by atoms with van der Waals surface area (Å²) in [6.45, 7) is 1.64. The topological polar surface area (TPSA) is 83.5 Å². The van der Waals surface area contributed by atoms with Crippen molar-refractivity contribution >= 4 is 22.7 Å². The number of aliphatic carboxylic acids is 1.